The SMILES string of the molecule is COc1ccc(S(=O)(=O)N/N=C/c2ccc(COc3cccc(C(F)(F)F)c3)o2)cc1OC. The molecule has 0 aliphatic carbocycles. The van der Waals surface area contributed by atoms with Gasteiger partial charge in [-0.05, 0) is 42.5 Å². The molecular formula is C21H19F3N2O6S. The molecule has 3 rings (SSSR count). The predicted octanol–water partition coefficient (Wildman–Crippen LogP) is 4.21. The molecule has 0 bridgehead atoms. The third-order valence-electron chi connectivity index (χ3n) is 4.25. The fraction of sp³-hybridized carbons (Fsp3) is 0.190. The smallest absolute Gasteiger partial charge is 0.416 e. The van der Waals surface area contributed by atoms with Gasteiger partial charge in [-0.3, -0.25) is 0 Å². The molecule has 12 heteroatoms. The van der Waals surface area contributed by atoms with E-state index in [0.29, 0.717) is 11.5 Å². The van der Waals surface area contributed by atoms with E-state index in [2.05, 4.69) is 5.10 Å². The van der Waals surface area contributed by atoms with Crippen molar-refractivity contribution in [3.8, 4) is 17.2 Å². The molecule has 1 heterocycles. The summed E-state index contributed by atoms with van der Waals surface area (Å²) in [5.74, 6) is 1.14. The molecule has 3 aromatic rings. The van der Waals surface area contributed by atoms with Crippen LogP contribution in [-0.2, 0) is 22.8 Å². The van der Waals surface area contributed by atoms with Crippen molar-refractivity contribution in [3.05, 3.63) is 71.7 Å². The van der Waals surface area contributed by atoms with Gasteiger partial charge >= 0.3 is 6.18 Å². The second-order valence-corrected chi connectivity index (χ2v) is 8.15. The molecule has 176 valence electrons. The Morgan fingerprint density at radius 1 is 1.03 bits per heavy atom. The average Bonchev–Trinajstić information content (AvgIpc) is 3.24. The molecule has 8 nitrogen and oxygen atoms in total. The summed E-state index contributed by atoms with van der Waals surface area (Å²) in [4.78, 5) is 1.96. The number of hydrogen-bond acceptors (Lipinski definition) is 7. The minimum atomic E-state index is -4.47. The standard InChI is InChI=1S/C21H19F3N2O6S/c1-29-19-9-8-18(11-20(19)30-2)33(27,28)26-25-12-16-6-7-17(32-16)13-31-15-5-3-4-14(10-15)21(22,23)24/h3-12,26H,13H2,1-2H3/b25-12+. The number of ether oxygens (including phenoxy) is 3. The van der Waals surface area contributed by atoms with Crippen LogP contribution in [0.1, 0.15) is 17.1 Å². The lowest BCUT2D eigenvalue weighted by atomic mass is 10.2. The van der Waals surface area contributed by atoms with E-state index in [4.69, 9.17) is 18.6 Å². The van der Waals surface area contributed by atoms with Crippen LogP contribution in [0.25, 0.3) is 0 Å². The predicted molar refractivity (Wildman–Crippen MR) is 112 cm³/mol. The van der Waals surface area contributed by atoms with Gasteiger partial charge < -0.3 is 18.6 Å². The highest BCUT2D eigenvalue weighted by Gasteiger charge is 2.30. The summed E-state index contributed by atoms with van der Waals surface area (Å²) in [6, 6.07) is 11.5. The Labute approximate surface area is 187 Å². The van der Waals surface area contributed by atoms with Crippen molar-refractivity contribution < 1.29 is 40.2 Å². The summed E-state index contributed by atoms with van der Waals surface area (Å²) in [6.45, 7) is -0.132. The van der Waals surface area contributed by atoms with E-state index >= 15 is 0 Å². The lowest BCUT2D eigenvalue weighted by molar-refractivity contribution is -0.137. The van der Waals surface area contributed by atoms with Crippen LogP contribution in [0.4, 0.5) is 13.2 Å². The molecule has 0 aliphatic heterocycles. The van der Waals surface area contributed by atoms with Gasteiger partial charge in [0.05, 0.1) is 30.9 Å². The second kappa shape index (κ2) is 9.86. The number of furan rings is 1. The molecule has 1 N–H and O–H groups in total. The first kappa shape index (κ1) is 24.0. The topological polar surface area (TPSA) is 99.4 Å². The highest BCUT2D eigenvalue weighted by Crippen LogP contribution is 2.31. The maximum absolute atomic E-state index is 12.8. The quantitative estimate of drug-likeness (QED) is 0.361. The van der Waals surface area contributed by atoms with Crippen LogP contribution in [0.5, 0.6) is 17.2 Å². The van der Waals surface area contributed by atoms with E-state index < -0.39 is 21.8 Å². The van der Waals surface area contributed by atoms with Crippen molar-refractivity contribution in [3.63, 3.8) is 0 Å². The van der Waals surface area contributed by atoms with Crippen molar-refractivity contribution in [1.82, 2.24) is 4.83 Å². The molecule has 2 aromatic carbocycles. The normalized spacial score (nSPS) is 12.0. The summed E-state index contributed by atoms with van der Waals surface area (Å²) in [6.07, 6.45) is -3.34. The Balaban J connectivity index is 1.61. The molecule has 33 heavy (non-hydrogen) atoms. The highest BCUT2D eigenvalue weighted by molar-refractivity contribution is 7.89. The van der Waals surface area contributed by atoms with Gasteiger partial charge in [0.1, 0.15) is 23.9 Å². The number of hydrogen-bond donors (Lipinski definition) is 1. The zero-order valence-corrected chi connectivity index (χ0v) is 18.2. The molecule has 0 atom stereocenters. The van der Waals surface area contributed by atoms with Crippen LogP contribution in [-0.4, -0.2) is 28.9 Å². The molecular weight excluding hydrogens is 465 g/mol. The third kappa shape index (κ3) is 6.19. The minimum Gasteiger partial charge on any atom is -0.493 e. The van der Waals surface area contributed by atoms with Crippen LogP contribution in [0.2, 0.25) is 0 Å². The summed E-state index contributed by atoms with van der Waals surface area (Å²) in [7, 11) is -1.18. The van der Waals surface area contributed by atoms with Gasteiger partial charge in [-0.2, -0.15) is 31.5 Å². The first-order chi connectivity index (χ1) is 15.6. The van der Waals surface area contributed by atoms with Crippen molar-refractivity contribution in [2.75, 3.05) is 14.2 Å². The number of benzene rings is 2. The van der Waals surface area contributed by atoms with Gasteiger partial charge in [0.2, 0.25) is 0 Å². The molecule has 0 radical (unpaired) electrons. The monoisotopic (exact) mass is 484 g/mol. The molecule has 0 saturated heterocycles. The van der Waals surface area contributed by atoms with E-state index in [-0.39, 0.29) is 28.8 Å². The van der Waals surface area contributed by atoms with Crippen molar-refractivity contribution >= 4 is 16.2 Å². The Morgan fingerprint density at radius 2 is 1.79 bits per heavy atom. The van der Waals surface area contributed by atoms with Gasteiger partial charge in [0, 0.05) is 6.07 Å². The number of nitrogens with zero attached hydrogens (tertiary/aromatic N) is 1. The summed E-state index contributed by atoms with van der Waals surface area (Å²) >= 11 is 0. The number of halogens is 3. The maximum Gasteiger partial charge on any atom is 0.416 e. The number of methoxy groups -OCH3 is 2. The largest absolute Gasteiger partial charge is 0.493 e. The molecule has 1 aromatic heterocycles. The zero-order chi connectivity index (χ0) is 24.1. The lowest BCUT2D eigenvalue weighted by Gasteiger charge is -2.09. The molecule has 0 aliphatic rings. The number of nitrogens with one attached hydrogen (secondary N) is 1. The molecule has 0 amide bonds. The van der Waals surface area contributed by atoms with Crippen LogP contribution >= 0.6 is 0 Å². The number of alkyl halides is 3. The van der Waals surface area contributed by atoms with Gasteiger partial charge in [0.15, 0.2) is 11.5 Å². The first-order valence-electron chi connectivity index (χ1n) is 9.28. The van der Waals surface area contributed by atoms with Gasteiger partial charge in [-0.15, -0.1) is 0 Å². The van der Waals surface area contributed by atoms with E-state index in [9.17, 15) is 21.6 Å². The molecule has 0 spiro atoms. The fourth-order valence-electron chi connectivity index (χ4n) is 2.65. The van der Waals surface area contributed by atoms with Crippen LogP contribution in [0.15, 0.2) is 69.0 Å². The third-order valence-corrected chi connectivity index (χ3v) is 5.48. The van der Waals surface area contributed by atoms with E-state index in [1.54, 1.807) is 0 Å². The summed E-state index contributed by atoms with van der Waals surface area (Å²) < 4.78 is 84.0. The molecule has 0 saturated carbocycles. The van der Waals surface area contributed by atoms with E-state index in [1.165, 1.54) is 56.7 Å². The number of sulfonamides is 1. The summed E-state index contributed by atoms with van der Waals surface area (Å²) in [5, 5.41) is 3.66. The Hall–Kier alpha value is -3.67. The zero-order valence-electron chi connectivity index (χ0n) is 17.4. The van der Waals surface area contributed by atoms with Crippen LogP contribution in [0, 0.1) is 0 Å². The average molecular weight is 484 g/mol. The number of hydrazone groups is 1. The van der Waals surface area contributed by atoms with Gasteiger partial charge in [-0.25, -0.2) is 0 Å². The van der Waals surface area contributed by atoms with E-state index in [0.717, 1.165) is 18.3 Å². The highest BCUT2D eigenvalue weighted by atomic mass is 32.2. The molecule has 0 fully saturated rings. The van der Waals surface area contributed by atoms with Crippen molar-refractivity contribution in [2.45, 2.75) is 17.7 Å². The number of rotatable bonds is 9. The van der Waals surface area contributed by atoms with Crippen molar-refractivity contribution in [1.29, 1.82) is 0 Å². The van der Waals surface area contributed by atoms with Gasteiger partial charge in [-0.1, -0.05) is 6.07 Å². The minimum absolute atomic E-state index is 0.0270. The second-order valence-electron chi connectivity index (χ2n) is 6.49. The Morgan fingerprint density at radius 3 is 2.48 bits per heavy atom. The van der Waals surface area contributed by atoms with Crippen LogP contribution < -0.4 is 19.0 Å². The fourth-order valence-corrected chi connectivity index (χ4v) is 3.46. The summed E-state index contributed by atoms with van der Waals surface area (Å²) in [5.41, 5.74) is -0.825. The van der Waals surface area contributed by atoms with Gasteiger partial charge in [0.25, 0.3) is 10.0 Å². The van der Waals surface area contributed by atoms with E-state index in [1.807, 2.05) is 4.83 Å². The van der Waals surface area contributed by atoms with Crippen LogP contribution in [0.3, 0.4) is 0 Å². The van der Waals surface area contributed by atoms with Crippen molar-refractivity contribution in [2.24, 2.45) is 5.10 Å². The Kier molecular flexibility index (Phi) is 7.16. The Bertz CT molecular complexity index is 1240. The lowest BCUT2D eigenvalue weighted by Crippen LogP contribution is -2.18. The first-order valence-corrected chi connectivity index (χ1v) is 10.8. The maximum atomic E-state index is 12.8. The molecule has 0 unspecified atom stereocenters.